The molecular formula is C33H32BBr. The van der Waals surface area contributed by atoms with Crippen molar-refractivity contribution in [2.24, 2.45) is 0 Å². The molecule has 2 aliphatic rings. The van der Waals surface area contributed by atoms with E-state index in [-0.39, 0.29) is 16.2 Å². The van der Waals surface area contributed by atoms with Crippen LogP contribution in [0.3, 0.4) is 0 Å². The predicted molar refractivity (Wildman–Crippen MR) is 156 cm³/mol. The topological polar surface area (TPSA) is 0 Å². The van der Waals surface area contributed by atoms with E-state index in [0.29, 0.717) is 0 Å². The van der Waals surface area contributed by atoms with Gasteiger partial charge in [0, 0.05) is 4.47 Å². The molecule has 0 fully saturated rings. The maximum atomic E-state index is 3.83. The van der Waals surface area contributed by atoms with Gasteiger partial charge in [0.1, 0.15) is 7.85 Å². The van der Waals surface area contributed by atoms with Crippen molar-refractivity contribution in [1.82, 2.24) is 0 Å². The zero-order valence-electron chi connectivity index (χ0n) is 21.8. The van der Waals surface area contributed by atoms with E-state index in [1.165, 1.54) is 61.1 Å². The van der Waals surface area contributed by atoms with Gasteiger partial charge in [0.25, 0.3) is 0 Å². The van der Waals surface area contributed by atoms with Crippen LogP contribution in [0.5, 0.6) is 0 Å². The lowest BCUT2D eigenvalue weighted by Crippen LogP contribution is -2.28. The molecule has 0 radical (unpaired) electrons. The maximum absolute atomic E-state index is 3.83. The molecule has 35 heavy (non-hydrogen) atoms. The number of halogens is 1. The number of fused-ring (bicyclic) bond motifs is 10. The van der Waals surface area contributed by atoms with E-state index < -0.39 is 0 Å². The number of hydrogen-bond acceptors (Lipinski definition) is 0. The standard InChI is InChI=1S/C33H32BBr/c1-31(2,3)19-7-11-23-24-12-8-20(32(4,5)6)16-28(24)33(27(23)15-19)29-17-21(34)9-13-25(29)26-14-10-22(35)18-30(26)33/h7-18H,34H2,1-6H3. The van der Waals surface area contributed by atoms with Crippen LogP contribution < -0.4 is 5.46 Å². The molecule has 0 heterocycles. The van der Waals surface area contributed by atoms with E-state index in [1.807, 2.05) is 0 Å². The van der Waals surface area contributed by atoms with Crippen molar-refractivity contribution in [3.8, 4) is 22.3 Å². The van der Waals surface area contributed by atoms with Gasteiger partial charge >= 0.3 is 0 Å². The molecular weight excluding hydrogens is 487 g/mol. The summed E-state index contributed by atoms with van der Waals surface area (Å²) >= 11 is 3.83. The molecule has 0 unspecified atom stereocenters. The molecule has 2 aliphatic carbocycles. The molecule has 4 aromatic carbocycles. The summed E-state index contributed by atoms with van der Waals surface area (Å²) in [5.74, 6) is 0. The molecule has 174 valence electrons. The number of benzene rings is 4. The van der Waals surface area contributed by atoms with Crippen LogP contribution in [0, 0.1) is 0 Å². The van der Waals surface area contributed by atoms with Gasteiger partial charge in [0.05, 0.1) is 5.41 Å². The van der Waals surface area contributed by atoms with Gasteiger partial charge in [0.15, 0.2) is 0 Å². The SMILES string of the molecule is Bc1ccc2c(c1)C1(c3cc(Br)ccc3-2)c2cc(C(C)(C)C)ccc2-c2ccc(C(C)(C)C)cc21. The van der Waals surface area contributed by atoms with Crippen LogP contribution in [0.2, 0.25) is 0 Å². The van der Waals surface area contributed by atoms with Crippen molar-refractivity contribution < 1.29 is 0 Å². The lowest BCUT2D eigenvalue weighted by Gasteiger charge is -2.33. The van der Waals surface area contributed by atoms with Crippen molar-refractivity contribution in [3.63, 3.8) is 0 Å². The van der Waals surface area contributed by atoms with E-state index >= 15 is 0 Å². The van der Waals surface area contributed by atoms with Crippen LogP contribution in [0.4, 0.5) is 0 Å². The summed E-state index contributed by atoms with van der Waals surface area (Å²) in [6, 6.07) is 28.4. The normalized spacial score (nSPS) is 15.1. The molecule has 0 nitrogen and oxygen atoms in total. The van der Waals surface area contributed by atoms with E-state index in [2.05, 4.69) is 138 Å². The molecule has 1 spiro atoms. The van der Waals surface area contributed by atoms with Crippen LogP contribution in [0.1, 0.15) is 74.9 Å². The van der Waals surface area contributed by atoms with Crippen molar-refractivity contribution in [1.29, 1.82) is 0 Å². The van der Waals surface area contributed by atoms with Crippen molar-refractivity contribution in [3.05, 3.63) is 111 Å². The first kappa shape index (κ1) is 22.9. The van der Waals surface area contributed by atoms with Gasteiger partial charge in [-0.05, 0) is 78.6 Å². The Morgan fingerprint density at radius 3 is 1.43 bits per heavy atom. The fraction of sp³-hybridized carbons (Fsp3) is 0.273. The Hall–Kier alpha value is -2.58. The Morgan fingerprint density at radius 1 is 0.543 bits per heavy atom. The highest BCUT2D eigenvalue weighted by molar-refractivity contribution is 9.10. The maximum Gasteiger partial charge on any atom is 0.139 e. The smallest absolute Gasteiger partial charge is 0.0886 e. The summed E-state index contributed by atoms with van der Waals surface area (Å²) in [5.41, 5.74) is 15.0. The Kier molecular flexibility index (Phi) is 4.72. The average molecular weight is 519 g/mol. The van der Waals surface area contributed by atoms with E-state index in [1.54, 1.807) is 0 Å². The minimum Gasteiger partial charge on any atom is -0.0886 e. The summed E-state index contributed by atoms with van der Waals surface area (Å²) in [6.45, 7) is 13.9. The van der Waals surface area contributed by atoms with Crippen molar-refractivity contribution >= 4 is 29.2 Å². The van der Waals surface area contributed by atoms with Gasteiger partial charge in [-0.3, -0.25) is 0 Å². The third kappa shape index (κ3) is 3.12. The van der Waals surface area contributed by atoms with E-state index in [0.717, 1.165) is 4.47 Å². The first-order valence-electron chi connectivity index (χ1n) is 12.6. The zero-order valence-corrected chi connectivity index (χ0v) is 23.4. The van der Waals surface area contributed by atoms with Gasteiger partial charge < -0.3 is 0 Å². The van der Waals surface area contributed by atoms with Crippen LogP contribution >= 0.6 is 15.9 Å². The molecule has 0 saturated carbocycles. The minimum atomic E-state index is -0.312. The summed E-state index contributed by atoms with van der Waals surface area (Å²) in [7, 11) is 2.22. The van der Waals surface area contributed by atoms with Crippen molar-refractivity contribution in [2.45, 2.75) is 57.8 Å². The summed E-state index contributed by atoms with van der Waals surface area (Å²) < 4.78 is 1.13. The van der Waals surface area contributed by atoms with Crippen LogP contribution in [0.25, 0.3) is 22.3 Å². The molecule has 0 amide bonds. The van der Waals surface area contributed by atoms with Gasteiger partial charge in [-0.1, -0.05) is 124 Å². The van der Waals surface area contributed by atoms with Crippen LogP contribution in [-0.4, -0.2) is 7.85 Å². The Bertz CT molecular complexity index is 1410. The highest BCUT2D eigenvalue weighted by Gasteiger charge is 2.52. The van der Waals surface area contributed by atoms with Crippen LogP contribution in [0.15, 0.2) is 77.3 Å². The third-order valence-electron chi connectivity index (χ3n) is 8.12. The molecule has 0 aromatic heterocycles. The first-order valence-corrected chi connectivity index (χ1v) is 13.4. The monoisotopic (exact) mass is 518 g/mol. The summed E-state index contributed by atoms with van der Waals surface area (Å²) in [6.07, 6.45) is 0. The van der Waals surface area contributed by atoms with Crippen LogP contribution in [-0.2, 0) is 16.2 Å². The fourth-order valence-electron chi connectivity index (χ4n) is 6.25. The molecule has 0 aliphatic heterocycles. The quantitative estimate of drug-likeness (QED) is 0.181. The molecule has 0 bridgehead atoms. The Morgan fingerprint density at radius 2 is 0.943 bits per heavy atom. The van der Waals surface area contributed by atoms with E-state index in [4.69, 9.17) is 0 Å². The largest absolute Gasteiger partial charge is 0.139 e. The fourth-order valence-corrected chi connectivity index (χ4v) is 6.61. The molecule has 0 saturated heterocycles. The highest BCUT2D eigenvalue weighted by Crippen LogP contribution is 2.63. The van der Waals surface area contributed by atoms with Crippen molar-refractivity contribution in [2.75, 3.05) is 0 Å². The zero-order chi connectivity index (χ0) is 24.9. The Labute approximate surface area is 219 Å². The first-order chi connectivity index (χ1) is 16.4. The van der Waals surface area contributed by atoms with Gasteiger partial charge in [-0.2, -0.15) is 0 Å². The lowest BCUT2D eigenvalue weighted by molar-refractivity contribution is 0.586. The van der Waals surface area contributed by atoms with Gasteiger partial charge in [-0.25, -0.2) is 0 Å². The lowest BCUT2D eigenvalue weighted by atomic mass is 9.68. The summed E-state index contributed by atoms with van der Waals surface area (Å²) in [4.78, 5) is 0. The third-order valence-corrected chi connectivity index (χ3v) is 8.62. The second kappa shape index (κ2) is 7.23. The summed E-state index contributed by atoms with van der Waals surface area (Å²) in [5, 5.41) is 0. The molecule has 4 aromatic rings. The highest BCUT2D eigenvalue weighted by atomic mass is 79.9. The molecule has 2 heteroatoms. The molecule has 0 N–H and O–H groups in total. The van der Waals surface area contributed by atoms with Gasteiger partial charge in [0.2, 0.25) is 0 Å². The second-order valence-corrected chi connectivity index (χ2v) is 13.4. The second-order valence-electron chi connectivity index (χ2n) is 12.5. The number of rotatable bonds is 0. The molecule has 0 atom stereocenters. The predicted octanol–water partition coefficient (Wildman–Crippen LogP) is 7.65. The average Bonchev–Trinajstić information content (AvgIpc) is 3.23. The molecule has 6 rings (SSSR count). The number of hydrogen-bond donors (Lipinski definition) is 0. The Balaban J connectivity index is 1.83. The minimum absolute atomic E-state index is 0.0791. The van der Waals surface area contributed by atoms with Gasteiger partial charge in [-0.15, -0.1) is 0 Å². The van der Waals surface area contributed by atoms with E-state index in [9.17, 15) is 0 Å².